The van der Waals surface area contributed by atoms with E-state index < -0.39 is 17.7 Å². The Bertz CT molecular complexity index is 1170. The summed E-state index contributed by atoms with van der Waals surface area (Å²) in [6.45, 7) is 10.9. The minimum Gasteiger partial charge on any atom is -0.384 e. The molecule has 0 amide bonds. The first-order chi connectivity index (χ1) is 18.8. The molecule has 39 heavy (non-hydrogen) atoms. The van der Waals surface area contributed by atoms with E-state index in [0.717, 1.165) is 55.4 Å². The van der Waals surface area contributed by atoms with Gasteiger partial charge in [0.1, 0.15) is 0 Å². The molecule has 1 unspecified atom stereocenters. The number of rotatable bonds is 9. The van der Waals surface area contributed by atoms with Crippen molar-refractivity contribution < 1.29 is 24.0 Å². The van der Waals surface area contributed by atoms with Crippen LogP contribution in [-0.4, -0.2) is 54.7 Å². The highest BCUT2D eigenvalue weighted by Gasteiger charge is 2.69. The first-order valence-corrected chi connectivity index (χ1v) is 15.0. The van der Waals surface area contributed by atoms with Crippen molar-refractivity contribution in [2.45, 2.75) is 89.8 Å². The second kappa shape index (κ2) is 11.0. The maximum atomic E-state index is 6.52. The lowest BCUT2D eigenvalue weighted by Crippen LogP contribution is -2.70. The standard InChI is InChI=1S/C30H42ClN3O5/c1-18-5-8-24-20(3)27(36-28-30(24)23(18)9-12-29(4,37-28)38-39-30)35-16-15-32-19(2)10-13-33-25-11-14-34-26-17-21(31)6-7-22(25)26/h6-7,11,14,17-20,23-24,27-28,32H,5,8-10,12-13,15-16H2,1-4H3,(H,33,34)/t18-,19?,20-,23+,24+,27+,28-,29-,30-/m1/s1. The van der Waals surface area contributed by atoms with Gasteiger partial charge in [0.05, 0.1) is 12.1 Å². The monoisotopic (exact) mass is 559 g/mol. The topological polar surface area (TPSA) is 83.1 Å². The summed E-state index contributed by atoms with van der Waals surface area (Å²) in [7, 11) is 0. The lowest BCUT2D eigenvalue weighted by atomic mass is 9.58. The molecule has 2 bridgehead atoms. The number of nitrogens with zero attached hydrogens (tertiary/aromatic N) is 1. The molecule has 2 aromatic rings. The fourth-order valence-electron chi connectivity index (χ4n) is 7.34. The number of hydrogen-bond donors (Lipinski definition) is 2. The number of halogens is 1. The van der Waals surface area contributed by atoms with Crippen LogP contribution >= 0.6 is 11.6 Å². The van der Waals surface area contributed by atoms with Gasteiger partial charge in [-0.2, -0.15) is 0 Å². The molecule has 214 valence electrons. The van der Waals surface area contributed by atoms with Crippen LogP contribution in [-0.2, 0) is 24.0 Å². The number of nitrogens with one attached hydrogen (secondary N) is 2. The molecular weight excluding hydrogens is 518 g/mol. The third-order valence-electron chi connectivity index (χ3n) is 9.57. The molecule has 5 heterocycles. The van der Waals surface area contributed by atoms with Crippen LogP contribution < -0.4 is 10.6 Å². The molecule has 5 aliphatic rings. The largest absolute Gasteiger partial charge is 0.384 e. The fourth-order valence-corrected chi connectivity index (χ4v) is 7.51. The van der Waals surface area contributed by atoms with Crippen LogP contribution in [0.1, 0.15) is 59.8 Å². The van der Waals surface area contributed by atoms with E-state index in [9.17, 15) is 0 Å². The summed E-state index contributed by atoms with van der Waals surface area (Å²) >= 11 is 6.12. The fraction of sp³-hybridized carbons (Fsp3) is 0.700. The quantitative estimate of drug-likeness (QED) is 0.290. The Morgan fingerprint density at radius 3 is 2.87 bits per heavy atom. The zero-order valence-electron chi connectivity index (χ0n) is 23.5. The van der Waals surface area contributed by atoms with Crippen molar-refractivity contribution in [3.8, 4) is 0 Å². The van der Waals surface area contributed by atoms with Crippen LogP contribution in [0, 0.1) is 23.7 Å². The molecule has 9 atom stereocenters. The molecule has 5 fully saturated rings. The van der Waals surface area contributed by atoms with Crippen LogP contribution in [0.25, 0.3) is 10.9 Å². The van der Waals surface area contributed by atoms with Gasteiger partial charge in [-0.3, -0.25) is 4.98 Å². The molecule has 1 aromatic heterocycles. The molecule has 1 spiro atoms. The van der Waals surface area contributed by atoms with Crippen LogP contribution in [0.3, 0.4) is 0 Å². The van der Waals surface area contributed by atoms with Gasteiger partial charge < -0.3 is 24.8 Å². The Labute approximate surface area is 236 Å². The van der Waals surface area contributed by atoms with Gasteiger partial charge in [-0.05, 0) is 75.6 Å². The highest BCUT2D eigenvalue weighted by atomic mass is 35.5. The third-order valence-corrected chi connectivity index (χ3v) is 9.81. The van der Waals surface area contributed by atoms with Crippen molar-refractivity contribution >= 4 is 28.2 Å². The lowest BCUT2D eigenvalue weighted by molar-refractivity contribution is -0.577. The van der Waals surface area contributed by atoms with Gasteiger partial charge in [0.25, 0.3) is 0 Å². The van der Waals surface area contributed by atoms with Gasteiger partial charge in [-0.25, -0.2) is 9.78 Å². The van der Waals surface area contributed by atoms with Crippen LogP contribution in [0.15, 0.2) is 30.5 Å². The first-order valence-electron chi connectivity index (χ1n) is 14.6. The smallest absolute Gasteiger partial charge is 0.201 e. The van der Waals surface area contributed by atoms with Crippen LogP contribution in [0.5, 0.6) is 0 Å². The molecule has 9 heteroatoms. The summed E-state index contributed by atoms with van der Waals surface area (Å²) in [4.78, 5) is 16.6. The molecule has 4 aliphatic heterocycles. The Morgan fingerprint density at radius 1 is 1.13 bits per heavy atom. The summed E-state index contributed by atoms with van der Waals surface area (Å²) in [5, 5.41) is 8.91. The molecule has 8 nitrogen and oxygen atoms in total. The summed E-state index contributed by atoms with van der Waals surface area (Å²) in [5.74, 6) is 0.637. The van der Waals surface area contributed by atoms with E-state index >= 15 is 0 Å². The molecule has 1 aliphatic carbocycles. The second-order valence-corrected chi connectivity index (χ2v) is 12.7. The van der Waals surface area contributed by atoms with Crippen molar-refractivity contribution in [3.63, 3.8) is 0 Å². The van der Waals surface area contributed by atoms with Crippen molar-refractivity contribution in [2.75, 3.05) is 25.0 Å². The van der Waals surface area contributed by atoms with Gasteiger partial charge in [-0.1, -0.05) is 25.4 Å². The van der Waals surface area contributed by atoms with E-state index in [-0.39, 0.29) is 18.1 Å². The number of anilines is 1. The summed E-state index contributed by atoms with van der Waals surface area (Å²) in [6.07, 6.45) is 6.13. The van der Waals surface area contributed by atoms with Gasteiger partial charge in [-0.15, -0.1) is 0 Å². The van der Waals surface area contributed by atoms with Gasteiger partial charge in [0.15, 0.2) is 18.2 Å². The normalized spacial score (nSPS) is 38.3. The highest BCUT2D eigenvalue weighted by Crippen LogP contribution is 2.60. The van der Waals surface area contributed by atoms with E-state index in [4.69, 9.17) is 35.6 Å². The van der Waals surface area contributed by atoms with Crippen LogP contribution in [0.2, 0.25) is 5.02 Å². The number of ether oxygens (including phenoxy) is 3. The van der Waals surface area contributed by atoms with Crippen molar-refractivity contribution in [1.82, 2.24) is 10.3 Å². The molecule has 4 saturated heterocycles. The van der Waals surface area contributed by atoms with Crippen molar-refractivity contribution in [2.24, 2.45) is 23.7 Å². The van der Waals surface area contributed by atoms with Crippen molar-refractivity contribution in [1.29, 1.82) is 0 Å². The van der Waals surface area contributed by atoms with Crippen LogP contribution in [0.4, 0.5) is 5.69 Å². The summed E-state index contributed by atoms with van der Waals surface area (Å²) in [6, 6.07) is 8.15. The van der Waals surface area contributed by atoms with Crippen molar-refractivity contribution in [3.05, 3.63) is 35.5 Å². The Morgan fingerprint density at radius 2 is 2.00 bits per heavy atom. The molecule has 7 rings (SSSR count). The third kappa shape index (κ3) is 5.18. The van der Waals surface area contributed by atoms with E-state index in [1.54, 1.807) is 0 Å². The predicted molar refractivity (Wildman–Crippen MR) is 150 cm³/mol. The Balaban J connectivity index is 0.989. The highest BCUT2D eigenvalue weighted by molar-refractivity contribution is 6.31. The number of hydrogen-bond acceptors (Lipinski definition) is 8. The molecular formula is C30H42ClN3O5. The first kappa shape index (κ1) is 27.6. The maximum Gasteiger partial charge on any atom is 0.201 e. The predicted octanol–water partition coefficient (Wildman–Crippen LogP) is 5.89. The Kier molecular flexibility index (Phi) is 7.83. The van der Waals surface area contributed by atoms with Gasteiger partial charge in [0.2, 0.25) is 5.79 Å². The zero-order chi connectivity index (χ0) is 27.2. The number of fused-ring (bicyclic) bond motifs is 3. The molecule has 0 radical (unpaired) electrons. The SMILES string of the molecule is CC(CCNc1ccnc2cc(Cl)ccc12)NCCO[C@H]1O[C@@H]2O[C@@]3(C)CC[C@H]4[C@H](C)CC[C@@H]([C@H]1C)[C@@]24OO3. The van der Waals surface area contributed by atoms with E-state index in [1.807, 2.05) is 37.4 Å². The minimum atomic E-state index is -0.761. The average molecular weight is 560 g/mol. The van der Waals surface area contributed by atoms with E-state index in [0.29, 0.717) is 29.5 Å². The summed E-state index contributed by atoms with van der Waals surface area (Å²) in [5.41, 5.74) is 1.43. The lowest BCUT2D eigenvalue weighted by Gasteiger charge is -2.60. The molecule has 2 N–H and O–H groups in total. The number of pyridine rings is 1. The second-order valence-electron chi connectivity index (χ2n) is 12.2. The summed E-state index contributed by atoms with van der Waals surface area (Å²) < 4.78 is 19.3. The molecule has 1 saturated carbocycles. The minimum absolute atomic E-state index is 0.192. The Hall–Kier alpha value is -1.52. The van der Waals surface area contributed by atoms with E-state index in [2.05, 4.69) is 36.4 Å². The average Bonchev–Trinajstić information content (AvgIpc) is 3.15. The maximum absolute atomic E-state index is 6.52. The number of benzene rings is 1. The zero-order valence-corrected chi connectivity index (χ0v) is 24.2. The number of aromatic nitrogens is 1. The molecule has 1 aromatic carbocycles. The van der Waals surface area contributed by atoms with Gasteiger partial charge in [0, 0.05) is 59.7 Å². The van der Waals surface area contributed by atoms with E-state index in [1.165, 1.54) is 6.42 Å². The van der Waals surface area contributed by atoms with Gasteiger partial charge >= 0.3 is 0 Å².